The van der Waals surface area contributed by atoms with Gasteiger partial charge in [0, 0.05) is 34.4 Å². The summed E-state index contributed by atoms with van der Waals surface area (Å²) >= 11 is 0. The van der Waals surface area contributed by atoms with E-state index in [9.17, 15) is 49.6 Å². The Morgan fingerprint density at radius 1 is 0.672 bits per heavy atom. The maximum atomic E-state index is 13.1. The summed E-state index contributed by atoms with van der Waals surface area (Å²) in [6.45, 7) is 3.27. The van der Waals surface area contributed by atoms with Crippen LogP contribution in [0.25, 0.3) is 44.6 Å². The first-order valence-corrected chi connectivity index (χ1v) is 18.2. The third-order valence-electron chi connectivity index (χ3n) is 11.5. The zero-order chi connectivity index (χ0) is 41.0. The molecule has 10 rings (SSSR count). The second-order valence-electron chi connectivity index (χ2n) is 14.4. The second kappa shape index (κ2) is 12.7. The van der Waals surface area contributed by atoms with Crippen molar-refractivity contribution in [2.24, 2.45) is 0 Å². The number of non-ortho nitro benzene ring substituents is 2. The number of hydrogen-bond acceptors (Lipinski definition) is 14. The van der Waals surface area contributed by atoms with Crippen molar-refractivity contribution < 1.29 is 39.1 Å². The Morgan fingerprint density at radius 2 is 1.07 bits per heavy atom. The highest BCUT2D eigenvalue weighted by Gasteiger charge is 2.47. The molecule has 4 aromatic heterocycles. The van der Waals surface area contributed by atoms with Crippen LogP contribution in [-0.4, -0.2) is 51.1 Å². The third kappa shape index (κ3) is 5.04. The third-order valence-corrected chi connectivity index (χ3v) is 11.5. The number of aromatic nitrogens is 4. The maximum absolute atomic E-state index is 13.1. The number of carbonyl (C=O) groups excluding carboxylic acids is 2. The van der Waals surface area contributed by atoms with Crippen molar-refractivity contribution in [1.82, 2.24) is 19.1 Å². The molecule has 18 heteroatoms. The summed E-state index contributed by atoms with van der Waals surface area (Å²) in [6.07, 6.45) is 0.123. The number of pyridine rings is 4. The molecule has 2 aromatic carbocycles. The van der Waals surface area contributed by atoms with Crippen LogP contribution in [-0.2, 0) is 56.6 Å². The van der Waals surface area contributed by atoms with Crippen molar-refractivity contribution in [3.8, 4) is 22.8 Å². The van der Waals surface area contributed by atoms with Gasteiger partial charge >= 0.3 is 11.9 Å². The Labute approximate surface area is 324 Å². The molecule has 4 aliphatic rings. The fourth-order valence-electron chi connectivity index (χ4n) is 8.29. The summed E-state index contributed by atoms with van der Waals surface area (Å²) in [5.41, 5.74) is 0.483. The molecule has 2 atom stereocenters. The van der Waals surface area contributed by atoms with E-state index >= 15 is 0 Å². The average Bonchev–Trinajstić information content (AvgIpc) is 3.76. The molecule has 4 aliphatic heterocycles. The van der Waals surface area contributed by atoms with Gasteiger partial charge in [-0.1, -0.05) is 26.0 Å². The number of nitro benzene ring substituents is 2. The van der Waals surface area contributed by atoms with E-state index in [0.29, 0.717) is 55.7 Å². The number of rotatable bonds is 4. The standard InChI is InChI=1S/2C20H15N3O6/c2*1-2-20(26)13-7-16-17-10(8-22(16)18(24)12(13)9-29-19(20)25)6-11-14(21-17)4-3-5-15(11)23(27)28/h2*3-7,26H,2,8-9H2,1H3. The lowest BCUT2D eigenvalue weighted by Gasteiger charge is -2.31. The van der Waals surface area contributed by atoms with Crippen LogP contribution in [0, 0.1) is 20.2 Å². The molecular formula is C40H30N6O12. The van der Waals surface area contributed by atoms with Gasteiger partial charge in [-0.3, -0.25) is 29.8 Å². The summed E-state index contributed by atoms with van der Waals surface area (Å²) in [5, 5.41) is 45.2. The van der Waals surface area contributed by atoms with Gasteiger partial charge < -0.3 is 28.8 Å². The van der Waals surface area contributed by atoms with Crippen LogP contribution >= 0.6 is 0 Å². The number of benzene rings is 2. The van der Waals surface area contributed by atoms with Crippen molar-refractivity contribution in [3.05, 3.63) is 135 Å². The quantitative estimate of drug-likeness (QED) is 0.146. The second-order valence-corrected chi connectivity index (χ2v) is 14.4. The molecule has 6 aromatic rings. The summed E-state index contributed by atoms with van der Waals surface area (Å²) < 4.78 is 13.1. The lowest BCUT2D eigenvalue weighted by Crippen LogP contribution is -2.44. The Morgan fingerprint density at radius 3 is 1.43 bits per heavy atom. The van der Waals surface area contributed by atoms with Gasteiger partial charge in [0.25, 0.3) is 22.5 Å². The summed E-state index contributed by atoms with van der Waals surface area (Å²) in [5.74, 6) is -1.56. The highest BCUT2D eigenvalue weighted by molar-refractivity contribution is 5.93. The molecule has 58 heavy (non-hydrogen) atoms. The molecular weight excluding hydrogens is 756 g/mol. The van der Waals surface area contributed by atoms with E-state index in [4.69, 9.17) is 9.47 Å². The molecule has 0 saturated carbocycles. The van der Waals surface area contributed by atoms with E-state index in [2.05, 4.69) is 9.97 Å². The van der Waals surface area contributed by atoms with Crippen LogP contribution in [0.5, 0.6) is 0 Å². The fourth-order valence-corrected chi connectivity index (χ4v) is 8.29. The molecule has 8 heterocycles. The van der Waals surface area contributed by atoms with Crippen LogP contribution in [0.1, 0.15) is 60.1 Å². The molecule has 2 N–H and O–H groups in total. The molecule has 0 spiro atoms. The molecule has 0 fully saturated rings. The topological polar surface area (TPSA) is 249 Å². The number of carbonyl (C=O) groups is 2. The molecule has 0 aliphatic carbocycles. The van der Waals surface area contributed by atoms with Crippen LogP contribution in [0.15, 0.2) is 70.3 Å². The van der Waals surface area contributed by atoms with Crippen molar-refractivity contribution >= 4 is 45.1 Å². The smallest absolute Gasteiger partial charge is 0.343 e. The van der Waals surface area contributed by atoms with Gasteiger partial charge in [0.1, 0.15) is 13.2 Å². The van der Waals surface area contributed by atoms with E-state index < -0.39 is 33.0 Å². The average molecular weight is 787 g/mol. The van der Waals surface area contributed by atoms with Crippen LogP contribution in [0.4, 0.5) is 11.4 Å². The molecule has 0 bridgehead atoms. The lowest BCUT2D eigenvalue weighted by atomic mass is 9.86. The van der Waals surface area contributed by atoms with Gasteiger partial charge in [-0.15, -0.1) is 0 Å². The van der Waals surface area contributed by atoms with E-state index in [-0.39, 0.29) is 83.9 Å². The number of nitro groups is 2. The van der Waals surface area contributed by atoms with Gasteiger partial charge in [0.05, 0.1) is 78.6 Å². The molecule has 0 amide bonds. The van der Waals surface area contributed by atoms with Gasteiger partial charge in [-0.25, -0.2) is 19.6 Å². The zero-order valence-corrected chi connectivity index (χ0v) is 30.7. The first-order valence-electron chi connectivity index (χ1n) is 18.2. The maximum Gasteiger partial charge on any atom is 0.343 e. The summed E-state index contributed by atoms with van der Waals surface area (Å²) in [6, 6.07) is 15.8. The highest BCUT2D eigenvalue weighted by atomic mass is 16.6. The zero-order valence-electron chi connectivity index (χ0n) is 30.7. The van der Waals surface area contributed by atoms with Crippen LogP contribution in [0.2, 0.25) is 0 Å². The van der Waals surface area contributed by atoms with Crippen molar-refractivity contribution in [3.63, 3.8) is 0 Å². The van der Waals surface area contributed by atoms with E-state index in [1.807, 2.05) is 0 Å². The molecule has 0 saturated heterocycles. The minimum Gasteiger partial charge on any atom is -0.458 e. The van der Waals surface area contributed by atoms with Crippen molar-refractivity contribution in [2.45, 2.75) is 64.2 Å². The Bertz CT molecular complexity index is 2830. The largest absolute Gasteiger partial charge is 0.458 e. The summed E-state index contributed by atoms with van der Waals surface area (Å²) in [7, 11) is 0. The van der Waals surface area contributed by atoms with E-state index in [1.165, 1.54) is 21.3 Å². The Hall–Kier alpha value is -7.18. The predicted molar refractivity (Wildman–Crippen MR) is 202 cm³/mol. The number of fused-ring (bicyclic) bond motifs is 10. The van der Waals surface area contributed by atoms with Gasteiger partial charge in [-0.2, -0.15) is 0 Å². The van der Waals surface area contributed by atoms with Gasteiger partial charge in [0.2, 0.25) is 0 Å². The minimum absolute atomic E-state index is 0.0558. The number of esters is 2. The Balaban J connectivity index is 0.000000150. The Kier molecular flexibility index (Phi) is 7.96. The van der Waals surface area contributed by atoms with E-state index in [0.717, 1.165) is 0 Å². The van der Waals surface area contributed by atoms with Gasteiger partial charge in [-0.05, 0) is 49.2 Å². The van der Waals surface area contributed by atoms with Crippen LogP contribution < -0.4 is 11.1 Å². The number of ether oxygens (including phenoxy) is 2. The molecule has 0 radical (unpaired) electrons. The van der Waals surface area contributed by atoms with E-state index in [1.54, 1.807) is 62.4 Å². The fraction of sp³-hybridized carbons (Fsp3) is 0.250. The number of nitrogens with zero attached hydrogens (tertiary/aromatic N) is 6. The van der Waals surface area contributed by atoms with Crippen molar-refractivity contribution in [2.75, 3.05) is 0 Å². The molecule has 18 nitrogen and oxygen atoms in total. The monoisotopic (exact) mass is 786 g/mol. The van der Waals surface area contributed by atoms with Crippen molar-refractivity contribution in [1.29, 1.82) is 0 Å². The number of aliphatic hydroxyl groups is 2. The van der Waals surface area contributed by atoms with Gasteiger partial charge in [0.15, 0.2) is 11.2 Å². The SMILES string of the molecule is CCC1(O)C(=O)OCc2c1cc1n(c2=O)Cc2cc3c([N+](=O)[O-])cccc3nc2-1.CCC1(O)C(=O)OCc2c1cc1n(c2=O)Cc2cc3c([N+](=O)[O-])cccc3nc2-1. The van der Waals surface area contributed by atoms with Crippen LogP contribution in [0.3, 0.4) is 0 Å². The number of cyclic esters (lactones) is 2. The lowest BCUT2D eigenvalue weighted by molar-refractivity contribution is -0.383. The normalized spacial score (nSPS) is 19.4. The highest BCUT2D eigenvalue weighted by Crippen LogP contribution is 2.41. The predicted octanol–water partition coefficient (Wildman–Crippen LogP) is 3.98. The molecule has 292 valence electrons. The molecule has 2 unspecified atom stereocenters. The summed E-state index contributed by atoms with van der Waals surface area (Å²) in [4.78, 5) is 81.4. The first kappa shape index (κ1) is 36.5. The number of hydrogen-bond donors (Lipinski definition) is 2. The first-order chi connectivity index (χ1) is 27.7. The minimum atomic E-state index is -1.89.